The molecule has 3 aliphatic rings. The molecule has 0 aromatic heterocycles. The summed E-state index contributed by atoms with van der Waals surface area (Å²) in [6.45, 7) is 0. The molecule has 68 valence electrons. The number of allylic oxidation sites excluding steroid dienone is 2. The lowest BCUT2D eigenvalue weighted by Crippen LogP contribution is -2.38. The average Bonchev–Trinajstić information content (AvgIpc) is 2.76. The molecular weight excluding hydrogens is 168 g/mol. The van der Waals surface area contributed by atoms with Gasteiger partial charge in [-0.1, -0.05) is 12.2 Å². The van der Waals surface area contributed by atoms with Crippen molar-refractivity contribution in [3.8, 4) is 0 Å². The average molecular weight is 178 g/mol. The van der Waals surface area contributed by atoms with E-state index < -0.39 is 0 Å². The maximum absolute atomic E-state index is 11.5. The van der Waals surface area contributed by atoms with Crippen molar-refractivity contribution < 1.29 is 9.59 Å². The molecule has 1 heterocycles. The number of amides is 2. The normalized spacial score (nSPS) is 46.4. The second-order valence-corrected chi connectivity index (χ2v) is 4.05. The van der Waals surface area contributed by atoms with Gasteiger partial charge in [0.2, 0.25) is 11.8 Å². The number of nitrogens with two attached hydrogens (primary N) is 1. The second-order valence-electron chi connectivity index (χ2n) is 4.05. The first-order chi connectivity index (χ1) is 6.20. The number of hydrogen-bond acceptors (Lipinski definition) is 3. The van der Waals surface area contributed by atoms with Crippen LogP contribution in [0.25, 0.3) is 0 Å². The molecular formula is C9H10N2O2. The number of carbonyl (C=O) groups excluding carboxylic acids is 2. The third-order valence-electron chi connectivity index (χ3n) is 3.50. The summed E-state index contributed by atoms with van der Waals surface area (Å²) in [7, 11) is 0. The largest absolute Gasteiger partial charge is 0.273 e. The van der Waals surface area contributed by atoms with Gasteiger partial charge in [0.25, 0.3) is 0 Å². The fourth-order valence-electron chi connectivity index (χ4n) is 2.93. The van der Waals surface area contributed by atoms with E-state index in [9.17, 15) is 9.59 Å². The van der Waals surface area contributed by atoms with Crippen LogP contribution in [0.5, 0.6) is 0 Å². The molecule has 3 rings (SSSR count). The summed E-state index contributed by atoms with van der Waals surface area (Å²) in [5.41, 5.74) is 0. The molecule has 1 saturated heterocycles. The quantitative estimate of drug-likeness (QED) is 0.239. The van der Waals surface area contributed by atoms with E-state index in [0.717, 1.165) is 11.4 Å². The van der Waals surface area contributed by atoms with Gasteiger partial charge >= 0.3 is 0 Å². The van der Waals surface area contributed by atoms with Crippen LogP contribution in [0.2, 0.25) is 0 Å². The lowest BCUT2D eigenvalue weighted by Gasteiger charge is -2.14. The highest BCUT2D eigenvalue weighted by Gasteiger charge is 2.58. The summed E-state index contributed by atoms with van der Waals surface area (Å²) < 4.78 is 0. The first-order valence-electron chi connectivity index (χ1n) is 4.51. The molecule has 2 N–H and O–H groups in total. The molecule has 2 amide bonds. The van der Waals surface area contributed by atoms with Crippen molar-refractivity contribution in [3.05, 3.63) is 12.2 Å². The molecule has 0 aromatic carbocycles. The van der Waals surface area contributed by atoms with Crippen LogP contribution >= 0.6 is 0 Å². The van der Waals surface area contributed by atoms with E-state index >= 15 is 0 Å². The Morgan fingerprint density at radius 3 is 2.08 bits per heavy atom. The monoisotopic (exact) mass is 178 g/mol. The smallest absolute Gasteiger partial charge is 0.248 e. The molecule has 2 bridgehead atoms. The SMILES string of the molecule is NN1C(=O)[C@H]2[C@H](C1=O)[C@@H]1C=C[C@@H]2C1. The summed E-state index contributed by atoms with van der Waals surface area (Å²) in [6, 6.07) is 0. The Labute approximate surface area is 75.3 Å². The molecule has 4 atom stereocenters. The second kappa shape index (κ2) is 2.01. The highest BCUT2D eigenvalue weighted by Crippen LogP contribution is 2.51. The molecule has 1 aliphatic heterocycles. The highest BCUT2D eigenvalue weighted by molar-refractivity contribution is 6.05. The number of imide groups is 1. The number of hydrazine groups is 1. The predicted octanol–water partition coefficient (Wildman–Crippen LogP) is -0.333. The minimum absolute atomic E-state index is 0.146. The molecule has 1 saturated carbocycles. The first-order valence-corrected chi connectivity index (χ1v) is 4.51. The molecule has 0 aromatic rings. The molecule has 4 heteroatoms. The summed E-state index contributed by atoms with van der Waals surface area (Å²) in [4.78, 5) is 23.1. The number of rotatable bonds is 0. The fourth-order valence-corrected chi connectivity index (χ4v) is 2.93. The summed E-state index contributed by atoms with van der Waals surface area (Å²) in [5, 5.41) is 0.807. The first kappa shape index (κ1) is 7.26. The molecule has 13 heavy (non-hydrogen) atoms. The summed E-state index contributed by atoms with van der Waals surface area (Å²) >= 11 is 0. The van der Waals surface area contributed by atoms with Gasteiger partial charge in [-0.15, -0.1) is 0 Å². The zero-order chi connectivity index (χ0) is 9.16. The number of hydrogen-bond donors (Lipinski definition) is 1. The Hall–Kier alpha value is -1.16. The van der Waals surface area contributed by atoms with Crippen molar-refractivity contribution in [2.45, 2.75) is 6.42 Å². The van der Waals surface area contributed by atoms with Crippen molar-refractivity contribution in [1.82, 2.24) is 5.01 Å². The fraction of sp³-hybridized carbons (Fsp3) is 0.556. The van der Waals surface area contributed by atoms with Crippen LogP contribution in [-0.4, -0.2) is 16.8 Å². The standard InChI is InChI=1S/C9H10N2O2/c10-11-8(12)6-4-1-2-5(3-4)7(6)9(11)13/h1-2,4-7H,3,10H2/t4-,5-,6-,7-/m1/s1. The van der Waals surface area contributed by atoms with Crippen LogP contribution in [0, 0.1) is 23.7 Å². The Morgan fingerprint density at radius 2 is 1.62 bits per heavy atom. The summed E-state index contributed by atoms with van der Waals surface area (Å²) in [6.07, 6.45) is 5.06. The lowest BCUT2D eigenvalue weighted by atomic mass is 9.85. The minimum atomic E-state index is -0.188. The van der Waals surface area contributed by atoms with Gasteiger partial charge in [0, 0.05) is 0 Å². The van der Waals surface area contributed by atoms with Crippen LogP contribution in [0.4, 0.5) is 0 Å². The van der Waals surface area contributed by atoms with Crippen LogP contribution < -0.4 is 5.84 Å². The van der Waals surface area contributed by atoms with Gasteiger partial charge in [-0.05, 0) is 18.3 Å². The van der Waals surface area contributed by atoms with Crippen LogP contribution in [-0.2, 0) is 9.59 Å². The molecule has 0 radical (unpaired) electrons. The van der Waals surface area contributed by atoms with Crippen LogP contribution in [0.3, 0.4) is 0 Å². The van der Waals surface area contributed by atoms with E-state index in [2.05, 4.69) is 12.2 Å². The van der Waals surface area contributed by atoms with Crippen molar-refractivity contribution in [1.29, 1.82) is 0 Å². The Kier molecular flexibility index (Phi) is 1.12. The van der Waals surface area contributed by atoms with Gasteiger partial charge in [-0.25, -0.2) is 10.9 Å². The lowest BCUT2D eigenvalue weighted by molar-refractivity contribution is -0.141. The van der Waals surface area contributed by atoms with E-state index in [4.69, 9.17) is 5.84 Å². The van der Waals surface area contributed by atoms with Crippen molar-refractivity contribution in [3.63, 3.8) is 0 Å². The molecule has 0 unspecified atom stereocenters. The van der Waals surface area contributed by atoms with Gasteiger partial charge in [0.05, 0.1) is 11.8 Å². The van der Waals surface area contributed by atoms with Gasteiger partial charge in [0.1, 0.15) is 0 Å². The van der Waals surface area contributed by atoms with Gasteiger partial charge in [0.15, 0.2) is 0 Å². The summed E-state index contributed by atoms with van der Waals surface area (Å²) in [5.74, 6) is 5.23. The topological polar surface area (TPSA) is 63.4 Å². The molecule has 2 fully saturated rings. The van der Waals surface area contributed by atoms with Gasteiger partial charge in [-0.3, -0.25) is 9.59 Å². The zero-order valence-electron chi connectivity index (χ0n) is 7.01. The van der Waals surface area contributed by atoms with Crippen molar-refractivity contribution >= 4 is 11.8 Å². The number of nitrogens with zero attached hydrogens (tertiary/aromatic N) is 1. The van der Waals surface area contributed by atoms with E-state index in [-0.39, 0.29) is 35.5 Å². The van der Waals surface area contributed by atoms with Gasteiger partial charge < -0.3 is 0 Å². The number of fused-ring (bicyclic) bond motifs is 5. The van der Waals surface area contributed by atoms with Gasteiger partial charge in [-0.2, -0.15) is 0 Å². The highest BCUT2D eigenvalue weighted by atomic mass is 16.2. The zero-order valence-corrected chi connectivity index (χ0v) is 7.01. The molecule has 4 nitrogen and oxygen atoms in total. The van der Waals surface area contributed by atoms with E-state index in [0.29, 0.717) is 0 Å². The van der Waals surface area contributed by atoms with Crippen LogP contribution in [0.15, 0.2) is 12.2 Å². The maximum atomic E-state index is 11.5. The third kappa shape index (κ3) is 0.659. The van der Waals surface area contributed by atoms with E-state index in [1.54, 1.807) is 0 Å². The van der Waals surface area contributed by atoms with E-state index in [1.165, 1.54) is 0 Å². The number of carbonyl (C=O) groups is 2. The Bertz CT molecular complexity index is 307. The third-order valence-corrected chi connectivity index (χ3v) is 3.50. The van der Waals surface area contributed by atoms with Crippen molar-refractivity contribution in [2.75, 3.05) is 0 Å². The minimum Gasteiger partial charge on any atom is -0.273 e. The van der Waals surface area contributed by atoms with E-state index in [1.807, 2.05) is 0 Å². The van der Waals surface area contributed by atoms with Crippen molar-refractivity contribution in [2.24, 2.45) is 29.5 Å². The maximum Gasteiger partial charge on any atom is 0.248 e. The Balaban J connectivity index is 2.08. The Morgan fingerprint density at radius 1 is 1.15 bits per heavy atom. The molecule has 2 aliphatic carbocycles. The van der Waals surface area contributed by atoms with Crippen LogP contribution in [0.1, 0.15) is 6.42 Å². The predicted molar refractivity (Wildman–Crippen MR) is 43.8 cm³/mol. The molecule has 0 spiro atoms.